The molecule has 0 saturated carbocycles. The maximum absolute atomic E-state index is 5.48. The number of ether oxygens (including phenoxy) is 3. The Morgan fingerprint density at radius 1 is 1.22 bits per heavy atom. The van der Waals surface area contributed by atoms with E-state index in [0.717, 1.165) is 35.3 Å². The van der Waals surface area contributed by atoms with Crippen LogP contribution >= 0.6 is 28.3 Å². The van der Waals surface area contributed by atoms with Crippen molar-refractivity contribution in [2.45, 2.75) is 19.9 Å². The number of benzene rings is 2. The maximum Gasteiger partial charge on any atom is 0.231 e. The summed E-state index contributed by atoms with van der Waals surface area (Å²) in [5.74, 6) is 2.16. The van der Waals surface area contributed by atoms with Gasteiger partial charge in [0.2, 0.25) is 12.5 Å². The minimum absolute atomic E-state index is 0. The van der Waals surface area contributed by atoms with Gasteiger partial charge in [-0.15, -0.1) is 12.4 Å². The van der Waals surface area contributed by atoms with Crippen molar-refractivity contribution in [3.8, 4) is 17.2 Å². The summed E-state index contributed by atoms with van der Waals surface area (Å²) >= 11 is 3.56. The second-order valence-corrected chi connectivity index (χ2v) is 7.29. The molecule has 1 aliphatic heterocycles. The molecule has 1 aliphatic rings. The zero-order valence-electron chi connectivity index (χ0n) is 15.2. The van der Waals surface area contributed by atoms with Gasteiger partial charge in [0.15, 0.2) is 11.5 Å². The molecule has 0 amide bonds. The molecule has 0 radical (unpaired) electrons. The Balaban J connectivity index is 0.00000210. The molecule has 2 heterocycles. The standard InChI is InChI=1S/C20H21BrN2O3.ClH/c1-12-15(16-9-14(21)3-4-17(16)23-12)5-6-22-10-13-7-18(24-2)20-19(8-13)25-11-26-20;/h3-4,7-9,22-23H,5-6,10-11H2,1-2H3;1H. The molecular formula is C20H22BrClN2O3. The molecule has 27 heavy (non-hydrogen) atoms. The highest BCUT2D eigenvalue weighted by Gasteiger charge is 2.19. The predicted molar refractivity (Wildman–Crippen MR) is 113 cm³/mol. The van der Waals surface area contributed by atoms with Gasteiger partial charge in [-0.25, -0.2) is 0 Å². The lowest BCUT2D eigenvalue weighted by atomic mass is 10.1. The topological polar surface area (TPSA) is 55.5 Å². The molecule has 0 atom stereocenters. The SMILES string of the molecule is COc1cc(CNCCc2c(C)[nH]c3ccc(Br)cc23)cc2c1OCO2.Cl. The van der Waals surface area contributed by atoms with Crippen LogP contribution in [-0.2, 0) is 13.0 Å². The third-order valence-electron chi connectivity index (χ3n) is 4.68. The number of hydrogen-bond acceptors (Lipinski definition) is 4. The van der Waals surface area contributed by atoms with Crippen molar-refractivity contribution in [1.82, 2.24) is 10.3 Å². The van der Waals surface area contributed by atoms with Crippen LogP contribution in [0.2, 0.25) is 0 Å². The smallest absolute Gasteiger partial charge is 0.231 e. The molecule has 0 bridgehead atoms. The average molecular weight is 454 g/mol. The lowest BCUT2D eigenvalue weighted by molar-refractivity contribution is 0.171. The highest BCUT2D eigenvalue weighted by molar-refractivity contribution is 9.10. The van der Waals surface area contributed by atoms with Crippen molar-refractivity contribution in [2.75, 3.05) is 20.4 Å². The summed E-state index contributed by atoms with van der Waals surface area (Å²) in [4.78, 5) is 3.46. The number of aryl methyl sites for hydroxylation is 1. The highest BCUT2D eigenvalue weighted by atomic mass is 79.9. The largest absolute Gasteiger partial charge is 0.493 e. The molecule has 0 fully saturated rings. The van der Waals surface area contributed by atoms with Gasteiger partial charge in [0.05, 0.1) is 7.11 Å². The van der Waals surface area contributed by atoms with Crippen LogP contribution in [0.25, 0.3) is 10.9 Å². The number of H-pyrrole nitrogens is 1. The Bertz CT molecular complexity index is 958. The summed E-state index contributed by atoms with van der Waals surface area (Å²) in [6.07, 6.45) is 0.962. The number of hydrogen-bond donors (Lipinski definition) is 2. The van der Waals surface area contributed by atoms with Crippen molar-refractivity contribution in [1.29, 1.82) is 0 Å². The summed E-state index contributed by atoms with van der Waals surface area (Å²) < 4.78 is 17.4. The summed E-state index contributed by atoms with van der Waals surface area (Å²) in [7, 11) is 1.65. The molecule has 3 aromatic rings. The van der Waals surface area contributed by atoms with Crippen LogP contribution in [0.15, 0.2) is 34.8 Å². The van der Waals surface area contributed by atoms with E-state index in [4.69, 9.17) is 14.2 Å². The van der Waals surface area contributed by atoms with Crippen molar-refractivity contribution in [2.24, 2.45) is 0 Å². The fraction of sp³-hybridized carbons (Fsp3) is 0.300. The third-order valence-corrected chi connectivity index (χ3v) is 5.17. The highest BCUT2D eigenvalue weighted by Crippen LogP contribution is 2.41. The number of fused-ring (bicyclic) bond motifs is 2. The molecule has 7 heteroatoms. The van der Waals surface area contributed by atoms with E-state index in [2.05, 4.69) is 51.4 Å². The van der Waals surface area contributed by atoms with Crippen LogP contribution in [0.5, 0.6) is 17.2 Å². The molecule has 2 N–H and O–H groups in total. The summed E-state index contributed by atoms with van der Waals surface area (Å²) in [6.45, 7) is 4.01. The van der Waals surface area contributed by atoms with Crippen molar-refractivity contribution < 1.29 is 14.2 Å². The molecule has 1 aromatic heterocycles. The molecular weight excluding hydrogens is 432 g/mol. The molecule has 5 nitrogen and oxygen atoms in total. The summed E-state index contributed by atoms with van der Waals surface area (Å²) in [5.41, 5.74) is 4.88. The molecule has 144 valence electrons. The van der Waals surface area contributed by atoms with Gasteiger partial charge in [-0.1, -0.05) is 15.9 Å². The van der Waals surface area contributed by atoms with Crippen LogP contribution in [-0.4, -0.2) is 25.4 Å². The monoisotopic (exact) mass is 452 g/mol. The molecule has 4 rings (SSSR count). The summed E-state index contributed by atoms with van der Waals surface area (Å²) in [5, 5.41) is 4.79. The van der Waals surface area contributed by atoms with E-state index in [0.29, 0.717) is 11.5 Å². The van der Waals surface area contributed by atoms with E-state index >= 15 is 0 Å². The minimum Gasteiger partial charge on any atom is -0.493 e. The maximum atomic E-state index is 5.48. The van der Waals surface area contributed by atoms with Gasteiger partial charge in [0.1, 0.15) is 0 Å². The lowest BCUT2D eigenvalue weighted by Crippen LogP contribution is -2.17. The number of rotatable bonds is 6. The summed E-state index contributed by atoms with van der Waals surface area (Å²) in [6, 6.07) is 10.4. The van der Waals surface area contributed by atoms with Gasteiger partial charge in [0.25, 0.3) is 0 Å². The van der Waals surface area contributed by atoms with Crippen molar-refractivity contribution >= 4 is 39.2 Å². The normalized spacial score (nSPS) is 12.3. The quantitative estimate of drug-likeness (QED) is 0.530. The molecule has 2 aromatic carbocycles. The Hall–Kier alpha value is -1.89. The van der Waals surface area contributed by atoms with E-state index in [1.54, 1.807) is 7.11 Å². The Kier molecular flexibility index (Phi) is 6.19. The number of halogens is 2. The van der Waals surface area contributed by atoms with Crippen LogP contribution in [0.1, 0.15) is 16.8 Å². The molecule has 0 aliphatic carbocycles. The first-order valence-corrected chi connectivity index (χ1v) is 9.39. The fourth-order valence-electron chi connectivity index (χ4n) is 3.41. The third kappa shape index (κ3) is 4.03. The van der Waals surface area contributed by atoms with Gasteiger partial charge >= 0.3 is 0 Å². The van der Waals surface area contributed by atoms with E-state index < -0.39 is 0 Å². The van der Waals surface area contributed by atoms with Crippen molar-refractivity contribution in [3.05, 3.63) is 51.6 Å². The van der Waals surface area contributed by atoms with E-state index in [-0.39, 0.29) is 19.2 Å². The molecule has 0 spiro atoms. The zero-order chi connectivity index (χ0) is 18.1. The van der Waals surface area contributed by atoms with Gasteiger partial charge in [0, 0.05) is 27.6 Å². The second-order valence-electron chi connectivity index (χ2n) is 6.38. The van der Waals surface area contributed by atoms with E-state index in [1.807, 2.05) is 12.1 Å². The average Bonchev–Trinajstić information content (AvgIpc) is 3.22. The molecule has 0 saturated heterocycles. The Labute approximate surface area is 172 Å². The number of nitrogens with one attached hydrogen (secondary N) is 2. The van der Waals surface area contributed by atoms with Gasteiger partial charge in [-0.05, 0) is 61.3 Å². The predicted octanol–water partition coefficient (Wildman–Crippen LogP) is 4.73. The van der Waals surface area contributed by atoms with Crippen LogP contribution < -0.4 is 19.5 Å². The number of aromatic amines is 1. The number of aromatic nitrogens is 1. The van der Waals surface area contributed by atoms with Gasteiger partial charge in [-0.3, -0.25) is 0 Å². The number of methoxy groups -OCH3 is 1. The van der Waals surface area contributed by atoms with E-state index in [9.17, 15) is 0 Å². The van der Waals surface area contributed by atoms with Crippen LogP contribution in [0.4, 0.5) is 0 Å². The lowest BCUT2D eigenvalue weighted by Gasteiger charge is -2.09. The Morgan fingerprint density at radius 2 is 2.07 bits per heavy atom. The second kappa shape index (κ2) is 8.42. The first kappa shape index (κ1) is 19.9. The van der Waals surface area contributed by atoms with Gasteiger partial charge in [-0.2, -0.15) is 0 Å². The van der Waals surface area contributed by atoms with Gasteiger partial charge < -0.3 is 24.5 Å². The van der Waals surface area contributed by atoms with Crippen LogP contribution in [0.3, 0.4) is 0 Å². The minimum atomic E-state index is 0. The molecule has 0 unspecified atom stereocenters. The first-order valence-electron chi connectivity index (χ1n) is 8.59. The van der Waals surface area contributed by atoms with Crippen LogP contribution in [0, 0.1) is 6.92 Å². The first-order chi connectivity index (χ1) is 12.7. The van der Waals surface area contributed by atoms with Crippen molar-refractivity contribution in [3.63, 3.8) is 0 Å². The van der Waals surface area contributed by atoms with E-state index in [1.165, 1.54) is 22.2 Å². The Morgan fingerprint density at radius 3 is 2.89 bits per heavy atom. The zero-order valence-corrected chi connectivity index (χ0v) is 17.6. The fourth-order valence-corrected chi connectivity index (χ4v) is 3.77.